The van der Waals surface area contributed by atoms with Gasteiger partial charge in [0, 0.05) is 49.4 Å². The second kappa shape index (κ2) is 17.4. The number of para-hydroxylation sites is 2. The second-order valence-corrected chi connectivity index (χ2v) is 18.5. The number of aromatic nitrogens is 5. The normalized spacial score (nSPS) is 11.5. The van der Waals surface area contributed by atoms with E-state index in [1.807, 2.05) is 60.7 Å². The number of benzene rings is 10. The maximum Gasteiger partial charge on any atom is 0.164 e. The van der Waals surface area contributed by atoms with Gasteiger partial charge in [-0.15, -0.1) is 0 Å². The number of hydrogen-bond acceptors (Lipinski definition) is 4. The Labute approximate surface area is 417 Å². The highest BCUT2D eigenvalue weighted by atomic mass is 15.0. The van der Waals surface area contributed by atoms with Crippen LogP contribution in [0.25, 0.3) is 123 Å². The molecule has 3 heterocycles. The third-order valence-corrected chi connectivity index (χ3v) is 13.9. The van der Waals surface area contributed by atoms with E-state index >= 15 is 0 Å². The first-order valence-electron chi connectivity index (χ1n) is 24.2. The first-order chi connectivity index (χ1) is 35.5. The van der Waals surface area contributed by atoms with Crippen LogP contribution in [0.1, 0.15) is 16.7 Å². The summed E-state index contributed by atoms with van der Waals surface area (Å²) < 4.78 is 4.61. The molecule has 0 aliphatic heterocycles. The molecular formula is C66H44N6. The monoisotopic (exact) mass is 920 g/mol. The highest BCUT2D eigenvalue weighted by Crippen LogP contribution is 2.43. The fourth-order valence-corrected chi connectivity index (χ4v) is 10.6. The maximum atomic E-state index is 11.6. The van der Waals surface area contributed by atoms with E-state index in [1.165, 1.54) is 22.3 Å². The van der Waals surface area contributed by atoms with E-state index in [4.69, 9.17) is 15.0 Å². The molecule has 10 aromatic carbocycles. The quantitative estimate of drug-likeness (QED) is 0.152. The van der Waals surface area contributed by atoms with E-state index in [2.05, 4.69) is 199 Å². The first-order valence-corrected chi connectivity index (χ1v) is 24.2. The molecule has 338 valence electrons. The van der Waals surface area contributed by atoms with Crippen molar-refractivity contribution >= 4 is 43.6 Å². The van der Waals surface area contributed by atoms with E-state index in [-0.39, 0.29) is 0 Å². The van der Waals surface area contributed by atoms with Gasteiger partial charge in [0.2, 0.25) is 0 Å². The topological polar surface area (TPSA) is 72.3 Å². The Morgan fingerprint density at radius 2 is 0.750 bits per heavy atom. The highest BCUT2D eigenvalue weighted by Gasteiger charge is 2.24. The van der Waals surface area contributed by atoms with Gasteiger partial charge in [-0.2, -0.15) is 5.26 Å². The number of nitrogens with zero attached hydrogens (tertiary/aromatic N) is 6. The number of aryl methyl sites for hydroxylation is 2. The van der Waals surface area contributed by atoms with E-state index < -0.39 is 0 Å². The van der Waals surface area contributed by atoms with Crippen molar-refractivity contribution < 1.29 is 0 Å². The van der Waals surface area contributed by atoms with Gasteiger partial charge in [0.1, 0.15) is 6.07 Å². The van der Waals surface area contributed by atoms with Crippen molar-refractivity contribution in [2.24, 2.45) is 0 Å². The summed E-state index contributed by atoms with van der Waals surface area (Å²) >= 11 is 0. The average molecular weight is 921 g/mol. The van der Waals surface area contributed by atoms with Crippen molar-refractivity contribution in [3.63, 3.8) is 0 Å². The molecule has 6 nitrogen and oxygen atoms in total. The standard InChI is InChI=1S/C66H44N6/c1-42-16-13-22-46(36-42)48-31-34-61-55(38-48)52-24-9-11-27-58(52)71(61)60-29-15-26-51(57(60)41-67)54-33-30-50(66-69-64(44-18-5-3-6-19-44)68-65(70-66)45-20-7-4-8-21-45)40-63(54)72-59-28-12-10-25-53(59)56-39-49(32-35-62(56)72)47-23-14-17-43(2)37-47/h3-40H,1-2H3. The molecule has 72 heavy (non-hydrogen) atoms. The van der Waals surface area contributed by atoms with Crippen molar-refractivity contribution in [2.75, 3.05) is 0 Å². The Kier molecular flexibility index (Phi) is 10.2. The lowest BCUT2D eigenvalue weighted by atomic mass is 9.95. The van der Waals surface area contributed by atoms with Gasteiger partial charge >= 0.3 is 0 Å². The van der Waals surface area contributed by atoms with E-state index in [9.17, 15) is 5.26 Å². The van der Waals surface area contributed by atoms with E-state index in [1.54, 1.807) is 0 Å². The molecule has 13 rings (SSSR count). The molecule has 13 aromatic rings. The van der Waals surface area contributed by atoms with Crippen LogP contribution in [0.5, 0.6) is 0 Å². The molecule has 6 heteroatoms. The maximum absolute atomic E-state index is 11.6. The minimum Gasteiger partial charge on any atom is -0.309 e. The van der Waals surface area contributed by atoms with Crippen molar-refractivity contribution in [1.82, 2.24) is 24.1 Å². The van der Waals surface area contributed by atoms with Crippen LogP contribution in [-0.2, 0) is 0 Å². The lowest BCUT2D eigenvalue weighted by Gasteiger charge is -2.19. The Bertz CT molecular complexity index is 4250. The summed E-state index contributed by atoms with van der Waals surface area (Å²) in [4.78, 5) is 15.4. The summed E-state index contributed by atoms with van der Waals surface area (Å²) in [5, 5.41) is 16.1. The van der Waals surface area contributed by atoms with Gasteiger partial charge in [-0.3, -0.25) is 0 Å². The van der Waals surface area contributed by atoms with Gasteiger partial charge in [0.15, 0.2) is 17.5 Å². The summed E-state index contributed by atoms with van der Waals surface area (Å²) in [5.41, 5.74) is 17.8. The minimum absolute atomic E-state index is 0.544. The first kappa shape index (κ1) is 42.4. The predicted molar refractivity (Wildman–Crippen MR) is 295 cm³/mol. The molecule has 0 N–H and O–H groups in total. The predicted octanol–water partition coefficient (Wildman–Crippen LogP) is 16.6. The summed E-state index contributed by atoms with van der Waals surface area (Å²) in [5.74, 6) is 1.71. The van der Waals surface area contributed by atoms with E-state index in [0.717, 1.165) is 93.9 Å². The zero-order valence-corrected chi connectivity index (χ0v) is 39.6. The molecule has 0 unspecified atom stereocenters. The van der Waals surface area contributed by atoms with Gasteiger partial charge in [-0.25, -0.2) is 15.0 Å². The molecule has 0 fully saturated rings. The Morgan fingerprint density at radius 1 is 0.319 bits per heavy atom. The van der Waals surface area contributed by atoms with Crippen molar-refractivity contribution in [3.05, 3.63) is 247 Å². The third-order valence-electron chi connectivity index (χ3n) is 13.9. The fraction of sp³-hybridized carbons (Fsp3) is 0.0303. The van der Waals surface area contributed by atoms with Crippen molar-refractivity contribution in [1.29, 1.82) is 5.26 Å². The highest BCUT2D eigenvalue weighted by molar-refractivity contribution is 6.12. The number of rotatable bonds is 8. The summed E-state index contributed by atoms with van der Waals surface area (Å²) in [6.45, 7) is 4.26. The zero-order chi connectivity index (χ0) is 48.3. The lowest BCUT2D eigenvalue weighted by molar-refractivity contribution is 1.07. The largest absolute Gasteiger partial charge is 0.309 e. The van der Waals surface area contributed by atoms with Gasteiger partial charge in [0.05, 0.1) is 39.0 Å². The smallest absolute Gasteiger partial charge is 0.164 e. The number of fused-ring (bicyclic) bond motifs is 6. The fourth-order valence-electron chi connectivity index (χ4n) is 10.6. The van der Waals surface area contributed by atoms with Gasteiger partial charge in [-0.05, 0) is 84.6 Å². The van der Waals surface area contributed by atoms with Crippen LogP contribution in [0.15, 0.2) is 231 Å². The molecule has 0 atom stereocenters. The Hall–Kier alpha value is -9.70. The SMILES string of the molecule is Cc1cccc(-c2ccc3c(c2)c2ccccc2n3-c2cc(-c3nc(-c4ccccc4)nc(-c4ccccc4)n3)ccc2-c2cccc(-n3c4ccccc4c4cc(-c5cccc(C)c5)ccc43)c2C#N)c1. The Morgan fingerprint density at radius 3 is 1.28 bits per heavy atom. The van der Waals surface area contributed by atoms with E-state index in [0.29, 0.717) is 23.0 Å². The number of nitriles is 1. The molecule has 0 spiro atoms. The minimum atomic E-state index is 0.544. The molecule has 3 aromatic heterocycles. The average Bonchev–Trinajstić information content (AvgIpc) is 3.95. The Balaban J connectivity index is 1.07. The summed E-state index contributed by atoms with van der Waals surface area (Å²) in [6.07, 6.45) is 0. The zero-order valence-electron chi connectivity index (χ0n) is 39.6. The van der Waals surface area contributed by atoms with Crippen molar-refractivity contribution in [3.8, 4) is 85.0 Å². The second-order valence-electron chi connectivity index (χ2n) is 18.5. The van der Waals surface area contributed by atoms with Gasteiger partial charge in [0.25, 0.3) is 0 Å². The van der Waals surface area contributed by atoms with Crippen LogP contribution < -0.4 is 0 Å². The van der Waals surface area contributed by atoms with Crippen LogP contribution in [-0.4, -0.2) is 24.1 Å². The van der Waals surface area contributed by atoms with Crippen LogP contribution in [0, 0.1) is 25.2 Å². The lowest BCUT2D eigenvalue weighted by Crippen LogP contribution is -2.04. The van der Waals surface area contributed by atoms with Crippen LogP contribution in [0.4, 0.5) is 0 Å². The summed E-state index contributed by atoms with van der Waals surface area (Å²) in [7, 11) is 0. The van der Waals surface area contributed by atoms with Gasteiger partial charge < -0.3 is 9.13 Å². The molecule has 0 saturated carbocycles. The van der Waals surface area contributed by atoms with Crippen LogP contribution >= 0.6 is 0 Å². The van der Waals surface area contributed by atoms with Gasteiger partial charge in [-0.1, -0.05) is 193 Å². The molecule has 0 bridgehead atoms. The van der Waals surface area contributed by atoms with Crippen LogP contribution in [0.3, 0.4) is 0 Å². The molecule has 0 aliphatic carbocycles. The summed E-state index contributed by atoms with van der Waals surface area (Å²) in [6, 6.07) is 83.4. The molecule has 0 saturated heterocycles. The molecule has 0 radical (unpaired) electrons. The molecule has 0 aliphatic rings. The molecular weight excluding hydrogens is 877 g/mol. The van der Waals surface area contributed by atoms with Crippen molar-refractivity contribution in [2.45, 2.75) is 13.8 Å². The number of hydrogen-bond donors (Lipinski definition) is 0. The van der Waals surface area contributed by atoms with Crippen LogP contribution in [0.2, 0.25) is 0 Å². The molecule has 0 amide bonds. The third kappa shape index (κ3) is 7.23.